The lowest BCUT2D eigenvalue weighted by Crippen LogP contribution is -2.43. The molecule has 1 aliphatic heterocycles. The van der Waals surface area contributed by atoms with Gasteiger partial charge in [0.15, 0.2) is 9.84 Å². The Morgan fingerprint density at radius 2 is 1.95 bits per heavy atom. The third-order valence-corrected chi connectivity index (χ3v) is 5.98. The normalized spacial score (nSPS) is 21.9. The summed E-state index contributed by atoms with van der Waals surface area (Å²) in [6, 6.07) is 0. The van der Waals surface area contributed by atoms with Crippen molar-refractivity contribution in [3.8, 4) is 0 Å². The molecule has 0 saturated heterocycles. The largest absolute Gasteiger partial charge is 0.389 e. The molecule has 1 fully saturated rings. The van der Waals surface area contributed by atoms with Gasteiger partial charge in [-0.2, -0.15) is 0 Å². The molecule has 1 aromatic heterocycles. The van der Waals surface area contributed by atoms with Gasteiger partial charge in [-0.05, 0) is 32.1 Å². The lowest BCUT2D eigenvalue weighted by Gasteiger charge is -2.35. The van der Waals surface area contributed by atoms with Crippen molar-refractivity contribution in [2.75, 3.05) is 5.75 Å². The Hall–Kier alpha value is -0.950. The van der Waals surface area contributed by atoms with Crippen molar-refractivity contribution in [3.05, 3.63) is 11.6 Å². The Morgan fingerprint density at radius 3 is 2.65 bits per heavy atom. The molecule has 112 valence electrons. The van der Waals surface area contributed by atoms with Gasteiger partial charge in [0.05, 0.1) is 11.4 Å². The van der Waals surface area contributed by atoms with Crippen LogP contribution in [-0.4, -0.2) is 39.6 Å². The minimum atomic E-state index is -3.34. The molecule has 0 bridgehead atoms. The van der Waals surface area contributed by atoms with Gasteiger partial charge in [0.25, 0.3) is 0 Å². The SMILES string of the molecule is O=S(=O)(Cc1nnc2n1CCCCC2)CC1(O)CCC1. The predicted octanol–water partition coefficient (Wildman–Crippen LogP) is 0.834. The van der Waals surface area contributed by atoms with Gasteiger partial charge >= 0.3 is 0 Å². The van der Waals surface area contributed by atoms with Crippen LogP contribution in [0.4, 0.5) is 0 Å². The van der Waals surface area contributed by atoms with Gasteiger partial charge in [-0.25, -0.2) is 8.42 Å². The summed E-state index contributed by atoms with van der Waals surface area (Å²) in [5.74, 6) is 1.17. The van der Waals surface area contributed by atoms with Gasteiger partial charge in [0.2, 0.25) is 0 Å². The summed E-state index contributed by atoms with van der Waals surface area (Å²) >= 11 is 0. The van der Waals surface area contributed by atoms with E-state index < -0.39 is 15.4 Å². The number of aromatic nitrogens is 3. The van der Waals surface area contributed by atoms with Crippen molar-refractivity contribution < 1.29 is 13.5 Å². The molecule has 0 amide bonds. The Bertz CT molecular complexity index is 590. The molecular weight excluding hydrogens is 278 g/mol. The van der Waals surface area contributed by atoms with E-state index in [-0.39, 0.29) is 11.5 Å². The lowest BCUT2D eigenvalue weighted by atomic mass is 9.82. The van der Waals surface area contributed by atoms with E-state index in [9.17, 15) is 13.5 Å². The number of hydrogen-bond donors (Lipinski definition) is 1. The summed E-state index contributed by atoms with van der Waals surface area (Å²) in [6.45, 7) is 0.803. The fourth-order valence-electron chi connectivity index (χ4n) is 3.04. The number of rotatable bonds is 4. The van der Waals surface area contributed by atoms with Crippen LogP contribution in [0.25, 0.3) is 0 Å². The van der Waals surface area contributed by atoms with E-state index in [1.165, 1.54) is 0 Å². The minimum Gasteiger partial charge on any atom is -0.389 e. The highest BCUT2D eigenvalue weighted by atomic mass is 32.2. The van der Waals surface area contributed by atoms with Gasteiger partial charge in [-0.15, -0.1) is 10.2 Å². The number of nitrogens with zero attached hydrogens (tertiary/aromatic N) is 3. The first-order chi connectivity index (χ1) is 9.48. The van der Waals surface area contributed by atoms with Gasteiger partial charge in [0, 0.05) is 13.0 Å². The molecule has 1 aliphatic carbocycles. The summed E-state index contributed by atoms with van der Waals surface area (Å²) in [7, 11) is -3.34. The maximum Gasteiger partial charge on any atom is 0.160 e. The van der Waals surface area contributed by atoms with Crippen LogP contribution in [0.1, 0.15) is 50.2 Å². The Balaban J connectivity index is 1.75. The molecule has 20 heavy (non-hydrogen) atoms. The predicted molar refractivity (Wildman–Crippen MR) is 73.9 cm³/mol. The first-order valence-electron chi connectivity index (χ1n) is 7.31. The third-order valence-electron chi connectivity index (χ3n) is 4.31. The van der Waals surface area contributed by atoms with Crippen LogP contribution in [0.5, 0.6) is 0 Å². The molecule has 3 rings (SSSR count). The van der Waals surface area contributed by atoms with Crippen molar-refractivity contribution in [3.63, 3.8) is 0 Å². The maximum atomic E-state index is 12.2. The van der Waals surface area contributed by atoms with Gasteiger partial charge in [-0.1, -0.05) is 6.42 Å². The molecule has 2 heterocycles. The van der Waals surface area contributed by atoms with Gasteiger partial charge in [-0.3, -0.25) is 0 Å². The molecule has 7 heteroatoms. The zero-order chi connectivity index (χ0) is 14.2. The molecule has 2 aliphatic rings. The van der Waals surface area contributed by atoms with Gasteiger partial charge in [0.1, 0.15) is 17.4 Å². The molecule has 0 unspecified atom stereocenters. The van der Waals surface area contributed by atoms with E-state index in [0.29, 0.717) is 18.7 Å². The monoisotopic (exact) mass is 299 g/mol. The number of aliphatic hydroxyl groups is 1. The lowest BCUT2D eigenvalue weighted by molar-refractivity contribution is -0.0114. The fraction of sp³-hybridized carbons (Fsp3) is 0.846. The van der Waals surface area contributed by atoms with Crippen LogP contribution in [0, 0.1) is 0 Å². The average molecular weight is 299 g/mol. The van der Waals surface area contributed by atoms with Crippen molar-refractivity contribution in [2.24, 2.45) is 0 Å². The summed E-state index contributed by atoms with van der Waals surface area (Å²) in [6.07, 6.45) is 6.24. The number of fused-ring (bicyclic) bond motifs is 1. The molecular formula is C13H21N3O3S. The zero-order valence-corrected chi connectivity index (χ0v) is 12.4. The van der Waals surface area contributed by atoms with Crippen molar-refractivity contribution in [1.29, 1.82) is 0 Å². The van der Waals surface area contributed by atoms with Crippen LogP contribution < -0.4 is 0 Å². The van der Waals surface area contributed by atoms with Crippen LogP contribution in [-0.2, 0) is 28.6 Å². The first kappa shape index (κ1) is 14.0. The van der Waals surface area contributed by atoms with E-state index >= 15 is 0 Å². The average Bonchev–Trinajstić information content (AvgIpc) is 2.58. The summed E-state index contributed by atoms with van der Waals surface area (Å²) in [5, 5.41) is 18.2. The Kier molecular flexibility index (Phi) is 3.58. The quantitative estimate of drug-likeness (QED) is 0.890. The summed E-state index contributed by atoms with van der Waals surface area (Å²) in [5.41, 5.74) is -1.000. The fourth-order valence-corrected chi connectivity index (χ4v) is 4.85. The van der Waals surface area contributed by atoms with E-state index in [1.54, 1.807) is 0 Å². The van der Waals surface area contributed by atoms with E-state index in [4.69, 9.17) is 0 Å². The topological polar surface area (TPSA) is 85.1 Å². The maximum absolute atomic E-state index is 12.2. The molecule has 0 spiro atoms. The van der Waals surface area contributed by atoms with Crippen molar-refractivity contribution >= 4 is 9.84 Å². The number of aryl methyl sites for hydroxylation is 1. The highest BCUT2D eigenvalue weighted by molar-refractivity contribution is 7.90. The standard InChI is InChI=1S/C13H21N3O3S/c17-13(6-4-7-13)10-20(18,19)9-12-15-14-11-5-2-1-3-8-16(11)12/h17H,1-10H2. The van der Waals surface area contributed by atoms with E-state index in [0.717, 1.165) is 44.5 Å². The van der Waals surface area contributed by atoms with Gasteiger partial charge < -0.3 is 9.67 Å². The van der Waals surface area contributed by atoms with Crippen molar-refractivity contribution in [1.82, 2.24) is 14.8 Å². The number of sulfone groups is 1. The van der Waals surface area contributed by atoms with Crippen LogP contribution in [0.2, 0.25) is 0 Å². The highest BCUT2D eigenvalue weighted by Crippen LogP contribution is 2.33. The van der Waals surface area contributed by atoms with E-state index in [2.05, 4.69) is 10.2 Å². The summed E-state index contributed by atoms with van der Waals surface area (Å²) < 4.78 is 26.4. The molecule has 0 radical (unpaired) electrons. The van der Waals surface area contributed by atoms with Crippen LogP contribution in [0.3, 0.4) is 0 Å². The second kappa shape index (κ2) is 5.11. The van der Waals surface area contributed by atoms with Crippen LogP contribution >= 0.6 is 0 Å². The highest BCUT2D eigenvalue weighted by Gasteiger charge is 2.39. The smallest absolute Gasteiger partial charge is 0.160 e. The second-order valence-electron chi connectivity index (χ2n) is 6.10. The molecule has 1 saturated carbocycles. The Labute approximate surface area is 119 Å². The zero-order valence-electron chi connectivity index (χ0n) is 11.6. The molecule has 6 nitrogen and oxygen atoms in total. The molecule has 1 aromatic rings. The summed E-state index contributed by atoms with van der Waals surface area (Å²) in [4.78, 5) is 0. The van der Waals surface area contributed by atoms with E-state index in [1.807, 2.05) is 4.57 Å². The third kappa shape index (κ3) is 2.88. The number of hydrogen-bond acceptors (Lipinski definition) is 5. The van der Waals surface area contributed by atoms with Crippen LogP contribution in [0.15, 0.2) is 0 Å². The molecule has 0 aromatic carbocycles. The molecule has 0 atom stereocenters. The minimum absolute atomic E-state index is 0.109. The molecule has 1 N–H and O–H groups in total. The van der Waals surface area contributed by atoms with Crippen molar-refractivity contribution in [2.45, 2.75) is 62.8 Å². The first-order valence-corrected chi connectivity index (χ1v) is 9.13. The Morgan fingerprint density at radius 1 is 1.15 bits per heavy atom. The second-order valence-corrected chi connectivity index (χ2v) is 8.17.